The molecule has 1 amide bonds. The molecule has 2 N–H and O–H groups in total. The van der Waals surface area contributed by atoms with Crippen LogP contribution in [0.15, 0.2) is 30.5 Å². The molecular weight excluding hydrogens is 302 g/mol. The Bertz CT molecular complexity index is 713. The number of H-pyrrole nitrogens is 1. The second-order valence-electron chi connectivity index (χ2n) is 6.96. The predicted molar refractivity (Wildman–Crippen MR) is 94.0 cm³/mol. The highest BCUT2D eigenvalue weighted by atomic mass is 16.5. The number of aryl methyl sites for hydroxylation is 1. The van der Waals surface area contributed by atoms with E-state index in [1.54, 1.807) is 0 Å². The first kappa shape index (κ1) is 15.7. The summed E-state index contributed by atoms with van der Waals surface area (Å²) in [5.41, 5.74) is 2.25. The summed E-state index contributed by atoms with van der Waals surface area (Å²) < 4.78 is 6.06. The zero-order valence-corrected chi connectivity index (χ0v) is 14.0. The molecule has 2 aliphatic rings. The zero-order valence-electron chi connectivity index (χ0n) is 14.0. The number of aromatic nitrogens is 1. The van der Waals surface area contributed by atoms with Gasteiger partial charge in [0.15, 0.2) is 0 Å². The number of morpholine rings is 1. The van der Waals surface area contributed by atoms with Crippen molar-refractivity contribution in [1.29, 1.82) is 0 Å². The second kappa shape index (κ2) is 6.57. The van der Waals surface area contributed by atoms with Gasteiger partial charge in [-0.3, -0.25) is 4.79 Å². The van der Waals surface area contributed by atoms with Crippen molar-refractivity contribution in [3.63, 3.8) is 0 Å². The summed E-state index contributed by atoms with van der Waals surface area (Å²) in [7, 11) is 0. The smallest absolute Gasteiger partial charge is 0.223 e. The highest BCUT2D eigenvalue weighted by molar-refractivity contribution is 5.84. The lowest BCUT2D eigenvalue weighted by atomic mass is 9.90. The van der Waals surface area contributed by atoms with Gasteiger partial charge in [-0.2, -0.15) is 0 Å². The number of carbonyl (C=O) groups excluding carboxylic acids is 1. The molecule has 2 fully saturated rings. The van der Waals surface area contributed by atoms with Gasteiger partial charge < -0.3 is 19.9 Å². The molecule has 1 spiro atoms. The molecule has 0 unspecified atom stereocenters. The minimum atomic E-state index is -0.111. The number of amides is 1. The number of hydrogen-bond acceptors (Lipinski definition) is 3. The van der Waals surface area contributed by atoms with Gasteiger partial charge in [0.25, 0.3) is 0 Å². The highest BCUT2D eigenvalue weighted by Crippen LogP contribution is 2.28. The average Bonchev–Trinajstić information content (AvgIpc) is 3.03. The third-order valence-electron chi connectivity index (χ3n) is 5.40. The van der Waals surface area contributed by atoms with Crippen LogP contribution < -0.4 is 5.32 Å². The fourth-order valence-electron chi connectivity index (χ4n) is 3.98. The summed E-state index contributed by atoms with van der Waals surface area (Å²) in [6.45, 7) is 4.11. The Morgan fingerprint density at radius 2 is 2.08 bits per heavy atom. The summed E-state index contributed by atoms with van der Waals surface area (Å²) in [5, 5.41) is 4.60. The number of para-hydroxylation sites is 1. The third-order valence-corrected chi connectivity index (χ3v) is 5.40. The Hall–Kier alpha value is -1.85. The van der Waals surface area contributed by atoms with Crippen LogP contribution in [-0.2, 0) is 16.0 Å². The van der Waals surface area contributed by atoms with Gasteiger partial charge in [-0.05, 0) is 44.0 Å². The predicted octanol–water partition coefficient (Wildman–Crippen LogP) is 2.08. The number of rotatable bonds is 3. The number of aromatic amines is 1. The normalized spacial score (nSPS) is 20.6. The van der Waals surface area contributed by atoms with Crippen LogP contribution in [-0.4, -0.2) is 54.2 Å². The van der Waals surface area contributed by atoms with Gasteiger partial charge in [0, 0.05) is 36.6 Å². The van der Waals surface area contributed by atoms with E-state index in [-0.39, 0.29) is 11.5 Å². The van der Waals surface area contributed by atoms with E-state index in [1.807, 2.05) is 23.2 Å². The quantitative estimate of drug-likeness (QED) is 0.907. The Morgan fingerprint density at radius 3 is 2.96 bits per heavy atom. The van der Waals surface area contributed by atoms with Gasteiger partial charge in [-0.15, -0.1) is 0 Å². The molecule has 0 atom stereocenters. The maximum Gasteiger partial charge on any atom is 0.223 e. The SMILES string of the molecule is O=C(CCc1c[nH]c2ccccc12)N1CCOC2(CCNCC2)C1. The van der Waals surface area contributed by atoms with Crippen molar-refractivity contribution in [2.75, 3.05) is 32.8 Å². The molecule has 4 rings (SSSR count). The number of fused-ring (bicyclic) bond motifs is 1. The molecule has 5 heteroatoms. The second-order valence-corrected chi connectivity index (χ2v) is 6.96. The number of ether oxygens (including phenoxy) is 1. The molecule has 0 aliphatic carbocycles. The molecule has 0 bridgehead atoms. The van der Waals surface area contributed by atoms with Crippen LogP contribution in [0.4, 0.5) is 0 Å². The standard InChI is InChI=1S/C19H25N3O2/c23-18(6-5-15-13-21-17-4-2-1-3-16(15)17)22-11-12-24-19(14-22)7-9-20-10-8-19/h1-4,13,20-21H,5-12,14H2. The van der Waals surface area contributed by atoms with Crippen LogP contribution in [0.1, 0.15) is 24.8 Å². The molecule has 24 heavy (non-hydrogen) atoms. The Balaban J connectivity index is 1.39. The van der Waals surface area contributed by atoms with Crippen LogP contribution >= 0.6 is 0 Å². The van der Waals surface area contributed by atoms with Crippen molar-refractivity contribution in [3.05, 3.63) is 36.0 Å². The van der Waals surface area contributed by atoms with Gasteiger partial charge in [0.1, 0.15) is 0 Å². The van der Waals surface area contributed by atoms with Crippen LogP contribution in [0.5, 0.6) is 0 Å². The first-order valence-corrected chi connectivity index (χ1v) is 8.93. The lowest BCUT2D eigenvalue weighted by Gasteiger charge is -2.45. The molecule has 1 aromatic heterocycles. The maximum atomic E-state index is 12.7. The lowest BCUT2D eigenvalue weighted by molar-refractivity contribution is -0.155. The summed E-state index contributed by atoms with van der Waals surface area (Å²) in [6.07, 6.45) is 5.38. The van der Waals surface area contributed by atoms with E-state index in [9.17, 15) is 4.79 Å². The van der Waals surface area contributed by atoms with E-state index in [1.165, 1.54) is 10.9 Å². The van der Waals surface area contributed by atoms with E-state index < -0.39 is 0 Å². The largest absolute Gasteiger partial charge is 0.371 e. The molecule has 0 saturated carbocycles. The van der Waals surface area contributed by atoms with E-state index in [0.29, 0.717) is 13.0 Å². The summed E-state index contributed by atoms with van der Waals surface area (Å²) >= 11 is 0. The summed E-state index contributed by atoms with van der Waals surface area (Å²) in [5.74, 6) is 0.251. The Kier molecular flexibility index (Phi) is 4.29. The monoisotopic (exact) mass is 327 g/mol. The number of carbonyl (C=O) groups is 1. The average molecular weight is 327 g/mol. The molecule has 2 aromatic rings. The Morgan fingerprint density at radius 1 is 1.25 bits per heavy atom. The van der Waals surface area contributed by atoms with Gasteiger partial charge in [0.05, 0.1) is 12.2 Å². The number of benzene rings is 1. The van der Waals surface area contributed by atoms with Gasteiger partial charge >= 0.3 is 0 Å². The van der Waals surface area contributed by atoms with Gasteiger partial charge in [-0.1, -0.05) is 18.2 Å². The zero-order chi connectivity index (χ0) is 16.4. The fraction of sp³-hybridized carbons (Fsp3) is 0.526. The minimum Gasteiger partial charge on any atom is -0.371 e. The third kappa shape index (κ3) is 3.06. The first-order valence-electron chi connectivity index (χ1n) is 8.93. The van der Waals surface area contributed by atoms with Crippen molar-refractivity contribution in [2.45, 2.75) is 31.3 Å². The molecule has 128 valence electrons. The van der Waals surface area contributed by atoms with Crippen molar-refractivity contribution < 1.29 is 9.53 Å². The van der Waals surface area contributed by atoms with Gasteiger partial charge in [-0.25, -0.2) is 0 Å². The van der Waals surface area contributed by atoms with Crippen LogP contribution in [0.3, 0.4) is 0 Å². The topological polar surface area (TPSA) is 57.4 Å². The van der Waals surface area contributed by atoms with Crippen LogP contribution in [0, 0.1) is 0 Å². The lowest BCUT2D eigenvalue weighted by Crippen LogP contribution is -2.57. The number of piperidine rings is 1. The summed E-state index contributed by atoms with van der Waals surface area (Å²) in [4.78, 5) is 18.0. The molecule has 2 aliphatic heterocycles. The first-order chi connectivity index (χ1) is 11.8. The van der Waals surface area contributed by atoms with Crippen molar-refractivity contribution >= 4 is 16.8 Å². The van der Waals surface area contributed by atoms with Crippen LogP contribution in [0.2, 0.25) is 0 Å². The summed E-state index contributed by atoms with van der Waals surface area (Å²) in [6, 6.07) is 8.26. The highest BCUT2D eigenvalue weighted by Gasteiger charge is 2.39. The molecule has 5 nitrogen and oxygen atoms in total. The Labute approximate surface area is 142 Å². The van der Waals surface area contributed by atoms with Crippen molar-refractivity contribution in [1.82, 2.24) is 15.2 Å². The number of nitrogens with zero attached hydrogens (tertiary/aromatic N) is 1. The van der Waals surface area contributed by atoms with Gasteiger partial charge in [0.2, 0.25) is 5.91 Å². The maximum absolute atomic E-state index is 12.7. The van der Waals surface area contributed by atoms with E-state index in [4.69, 9.17) is 4.74 Å². The molecule has 1 aromatic carbocycles. The molecular formula is C19H25N3O2. The van der Waals surface area contributed by atoms with E-state index in [2.05, 4.69) is 22.4 Å². The van der Waals surface area contributed by atoms with E-state index >= 15 is 0 Å². The molecule has 2 saturated heterocycles. The number of nitrogens with one attached hydrogen (secondary N) is 2. The minimum absolute atomic E-state index is 0.111. The molecule has 0 radical (unpaired) electrons. The van der Waals surface area contributed by atoms with Crippen molar-refractivity contribution in [3.8, 4) is 0 Å². The molecule has 3 heterocycles. The van der Waals surface area contributed by atoms with Crippen LogP contribution in [0.25, 0.3) is 10.9 Å². The van der Waals surface area contributed by atoms with E-state index in [0.717, 1.165) is 51.0 Å². The van der Waals surface area contributed by atoms with Crippen molar-refractivity contribution in [2.24, 2.45) is 0 Å². The number of hydrogen-bond donors (Lipinski definition) is 2. The fourth-order valence-corrected chi connectivity index (χ4v) is 3.98.